The Labute approximate surface area is 141 Å². The summed E-state index contributed by atoms with van der Waals surface area (Å²) in [5.41, 5.74) is 2.95. The third kappa shape index (κ3) is 3.93. The number of methoxy groups -OCH3 is 1. The number of primary sulfonamides is 1. The zero-order chi connectivity index (χ0) is 17.9. The van der Waals surface area contributed by atoms with Crippen molar-refractivity contribution in [1.29, 1.82) is 0 Å². The van der Waals surface area contributed by atoms with Gasteiger partial charge in [0.25, 0.3) is 0 Å². The van der Waals surface area contributed by atoms with E-state index < -0.39 is 16.0 Å². The Morgan fingerprint density at radius 2 is 1.88 bits per heavy atom. The van der Waals surface area contributed by atoms with E-state index >= 15 is 0 Å². The van der Waals surface area contributed by atoms with Crippen LogP contribution in [0.25, 0.3) is 0 Å². The number of benzene rings is 2. The van der Waals surface area contributed by atoms with Gasteiger partial charge in [-0.25, -0.2) is 18.4 Å². The fourth-order valence-electron chi connectivity index (χ4n) is 2.43. The number of carbonyl (C=O) groups excluding carboxylic acids is 1. The number of hydrogen-bond acceptors (Lipinski definition) is 5. The molecule has 0 aliphatic rings. The molecule has 6 nitrogen and oxygen atoms in total. The quantitative estimate of drug-likeness (QED) is 0.836. The molecule has 0 amide bonds. The number of aryl methyl sites for hydroxylation is 1. The number of hydrogen-bond donors (Lipinski definition) is 1. The largest absolute Gasteiger partial charge is 0.465 e. The summed E-state index contributed by atoms with van der Waals surface area (Å²) < 4.78 is 27.8. The van der Waals surface area contributed by atoms with Gasteiger partial charge in [0.15, 0.2) is 0 Å². The van der Waals surface area contributed by atoms with Crippen LogP contribution < -0.4 is 10.0 Å². The molecule has 2 rings (SSSR count). The van der Waals surface area contributed by atoms with Crippen molar-refractivity contribution in [3.05, 3.63) is 59.2 Å². The highest BCUT2D eigenvalue weighted by Crippen LogP contribution is 2.25. The van der Waals surface area contributed by atoms with Crippen molar-refractivity contribution in [3.8, 4) is 0 Å². The summed E-state index contributed by atoms with van der Waals surface area (Å²) >= 11 is 0. The van der Waals surface area contributed by atoms with Crippen LogP contribution >= 0.6 is 0 Å². The van der Waals surface area contributed by atoms with E-state index in [1.165, 1.54) is 19.2 Å². The summed E-state index contributed by atoms with van der Waals surface area (Å²) in [4.78, 5) is 13.8. The van der Waals surface area contributed by atoms with Crippen LogP contribution in [-0.4, -0.2) is 28.5 Å². The standard InChI is InChI=1S/C17H20N2O4S/c1-12-6-4-5-7-13(12)11-19(2)16-9-8-14(24(18,21)22)10-15(16)17(20)23-3/h4-10H,11H2,1-3H3,(H2,18,21,22). The maximum absolute atomic E-state index is 12.1. The average Bonchev–Trinajstić information content (AvgIpc) is 2.54. The Hall–Kier alpha value is -2.38. The van der Waals surface area contributed by atoms with Gasteiger partial charge in [0.05, 0.1) is 23.3 Å². The summed E-state index contributed by atoms with van der Waals surface area (Å²) in [5, 5.41) is 5.14. The number of esters is 1. The minimum atomic E-state index is -3.90. The second-order valence-electron chi connectivity index (χ2n) is 5.50. The topological polar surface area (TPSA) is 89.7 Å². The molecular weight excluding hydrogens is 328 g/mol. The number of nitrogens with zero attached hydrogens (tertiary/aromatic N) is 1. The van der Waals surface area contributed by atoms with Gasteiger partial charge in [-0.3, -0.25) is 0 Å². The Kier molecular flexibility index (Phi) is 5.26. The lowest BCUT2D eigenvalue weighted by molar-refractivity contribution is 0.0601. The Bertz CT molecular complexity index is 863. The summed E-state index contributed by atoms with van der Waals surface area (Å²) in [6.45, 7) is 2.57. The van der Waals surface area contributed by atoms with Crippen molar-refractivity contribution in [3.63, 3.8) is 0 Å². The van der Waals surface area contributed by atoms with Crippen molar-refractivity contribution in [2.24, 2.45) is 5.14 Å². The molecule has 0 aliphatic carbocycles. The Morgan fingerprint density at radius 1 is 1.21 bits per heavy atom. The Morgan fingerprint density at radius 3 is 2.46 bits per heavy atom. The van der Waals surface area contributed by atoms with Crippen LogP contribution in [0.5, 0.6) is 0 Å². The highest BCUT2D eigenvalue weighted by atomic mass is 32.2. The molecule has 0 aromatic heterocycles. The molecule has 2 aromatic carbocycles. The molecule has 0 bridgehead atoms. The maximum Gasteiger partial charge on any atom is 0.340 e. The van der Waals surface area contributed by atoms with Crippen molar-refractivity contribution in [2.45, 2.75) is 18.4 Å². The lowest BCUT2D eigenvalue weighted by Crippen LogP contribution is -2.21. The van der Waals surface area contributed by atoms with E-state index in [9.17, 15) is 13.2 Å². The summed E-state index contributed by atoms with van der Waals surface area (Å²) in [6.07, 6.45) is 0. The molecule has 2 aromatic rings. The predicted octanol–water partition coefficient (Wildman–Crippen LogP) is 2.07. The second kappa shape index (κ2) is 7.02. The zero-order valence-corrected chi connectivity index (χ0v) is 14.6. The molecule has 24 heavy (non-hydrogen) atoms. The highest BCUT2D eigenvalue weighted by Gasteiger charge is 2.19. The number of sulfonamides is 1. The molecule has 2 N–H and O–H groups in total. The van der Waals surface area contributed by atoms with Crippen LogP contribution in [0.3, 0.4) is 0 Å². The van der Waals surface area contributed by atoms with Gasteiger partial charge in [0.2, 0.25) is 10.0 Å². The molecule has 0 saturated heterocycles. The Balaban J connectivity index is 2.45. The van der Waals surface area contributed by atoms with Crippen molar-refractivity contribution < 1.29 is 17.9 Å². The van der Waals surface area contributed by atoms with Gasteiger partial charge in [-0.05, 0) is 36.2 Å². The number of anilines is 1. The van der Waals surface area contributed by atoms with Gasteiger partial charge in [0.1, 0.15) is 0 Å². The summed E-state index contributed by atoms with van der Waals surface area (Å²) in [5.74, 6) is -0.618. The SMILES string of the molecule is COC(=O)c1cc(S(N)(=O)=O)ccc1N(C)Cc1ccccc1C. The van der Waals surface area contributed by atoms with E-state index in [-0.39, 0.29) is 10.5 Å². The monoisotopic (exact) mass is 348 g/mol. The van der Waals surface area contributed by atoms with Crippen LogP contribution in [-0.2, 0) is 21.3 Å². The molecule has 128 valence electrons. The van der Waals surface area contributed by atoms with E-state index in [0.29, 0.717) is 12.2 Å². The number of rotatable bonds is 5. The highest BCUT2D eigenvalue weighted by molar-refractivity contribution is 7.89. The second-order valence-corrected chi connectivity index (χ2v) is 7.06. The first-order chi connectivity index (χ1) is 11.2. The lowest BCUT2D eigenvalue weighted by atomic mass is 10.1. The molecule has 0 atom stereocenters. The number of ether oxygens (including phenoxy) is 1. The summed E-state index contributed by atoms with van der Waals surface area (Å²) in [6, 6.07) is 12.1. The zero-order valence-electron chi connectivity index (χ0n) is 13.8. The maximum atomic E-state index is 12.1. The molecule has 0 spiro atoms. The first kappa shape index (κ1) is 18.0. The van der Waals surface area contributed by atoms with E-state index in [0.717, 1.165) is 11.1 Å². The fraction of sp³-hybridized carbons (Fsp3) is 0.235. The molecule has 0 fully saturated rings. The molecule has 7 heteroatoms. The van der Waals surface area contributed by atoms with E-state index in [4.69, 9.17) is 9.88 Å². The van der Waals surface area contributed by atoms with Crippen molar-refractivity contribution in [2.75, 3.05) is 19.1 Å². The average molecular weight is 348 g/mol. The summed E-state index contributed by atoms with van der Waals surface area (Å²) in [7, 11) is -0.830. The van der Waals surface area contributed by atoms with Gasteiger partial charge in [-0.1, -0.05) is 24.3 Å². The minimum absolute atomic E-state index is 0.129. The molecule has 0 radical (unpaired) electrons. The molecule has 0 saturated carbocycles. The third-order valence-electron chi connectivity index (χ3n) is 3.78. The fourth-order valence-corrected chi connectivity index (χ4v) is 2.97. The van der Waals surface area contributed by atoms with Crippen LogP contribution in [0, 0.1) is 6.92 Å². The normalized spacial score (nSPS) is 11.2. The first-order valence-corrected chi connectivity index (χ1v) is 8.79. The van der Waals surface area contributed by atoms with E-state index in [1.54, 1.807) is 6.07 Å². The van der Waals surface area contributed by atoms with E-state index in [2.05, 4.69) is 0 Å². The van der Waals surface area contributed by atoms with Gasteiger partial charge in [0, 0.05) is 13.6 Å². The van der Waals surface area contributed by atoms with Crippen molar-refractivity contribution in [1.82, 2.24) is 0 Å². The van der Waals surface area contributed by atoms with Crippen molar-refractivity contribution >= 4 is 21.7 Å². The smallest absolute Gasteiger partial charge is 0.340 e. The minimum Gasteiger partial charge on any atom is -0.465 e. The molecule has 0 unspecified atom stereocenters. The number of carbonyl (C=O) groups is 1. The molecular formula is C17H20N2O4S. The first-order valence-electron chi connectivity index (χ1n) is 7.25. The third-order valence-corrected chi connectivity index (χ3v) is 4.69. The van der Waals surface area contributed by atoms with Crippen LogP contribution in [0.2, 0.25) is 0 Å². The predicted molar refractivity (Wildman–Crippen MR) is 92.4 cm³/mol. The number of nitrogens with two attached hydrogens (primary N) is 1. The van der Waals surface area contributed by atoms with Gasteiger partial charge in [-0.2, -0.15) is 0 Å². The molecule has 0 aliphatic heterocycles. The van der Waals surface area contributed by atoms with Crippen LogP contribution in [0.15, 0.2) is 47.4 Å². The van der Waals surface area contributed by atoms with Gasteiger partial charge in [-0.15, -0.1) is 0 Å². The van der Waals surface area contributed by atoms with Crippen LogP contribution in [0.1, 0.15) is 21.5 Å². The van der Waals surface area contributed by atoms with Gasteiger partial charge < -0.3 is 9.64 Å². The lowest BCUT2D eigenvalue weighted by Gasteiger charge is -2.23. The van der Waals surface area contributed by atoms with Crippen LogP contribution in [0.4, 0.5) is 5.69 Å². The van der Waals surface area contributed by atoms with Gasteiger partial charge >= 0.3 is 5.97 Å². The molecule has 0 heterocycles. The van der Waals surface area contributed by atoms with E-state index in [1.807, 2.05) is 43.1 Å².